The molecule has 0 bridgehead atoms. The Morgan fingerprint density at radius 1 is 1.10 bits per heavy atom. The van der Waals surface area contributed by atoms with Crippen LogP contribution in [0.25, 0.3) is 11.4 Å². The molecule has 4 rings (SSSR count). The quantitative estimate of drug-likeness (QED) is 0.586. The van der Waals surface area contributed by atoms with E-state index in [-0.39, 0.29) is 18.3 Å². The van der Waals surface area contributed by atoms with Crippen LogP contribution in [0.15, 0.2) is 53.1 Å². The number of nitrogens with one attached hydrogen (secondary N) is 1. The summed E-state index contributed by atoms with van der Waals surface area (Å²) >= 11 is 0. The first-order chi connectivity index (χ1) is 14.9. The summed E-state index contributed by atoms with van der Waals surface area (Å²) in [5.41, 5.74) is 1.53. The van der Waals surface area contributed by atoms with Gasteiger partial charge in [0, 0.05) is 5.56 Å². The topological polar surface area (TPSA) is 97.6 Å². The lowest BCUT2D eigenvalue weighted by molar-refractivity contribution is -0.131. The highest BCUT2D eigenvalue weighted by Gasteiger charge is 2.49. The number of aromatic nitrogens is 2. The van der Waals surface area contributed by atoms with E-state index >= 15 is 0 Å². The molecule has 160 valence electrons. The highest BCUT2D eigenvalue weighted by molar-refractivity contribution is 6.07. The number of hydrogen-bond acceptors (Lipinski definition) is 6. The number of carbonyl (C=O) groups excluding carboxylic acids is 2. The number of imide groups is 1. The van der Waals surface area contributed by atoms with Crippen molar-refractivity contribution in [2.24, 2.45) is 0 Å². The maximum absolute atomic E-state index is 13.1. The Morgan fingerprint density at radius 2 is 1.81 bits per heavy atom. The number of methoxy groups -OCH3 is 1. The Kier molecular flexibility index (Phi) is 5.46. The molecule has 1 aromatic heterocycles. The third kappa shape index (κ3) is 3.88. The predicted molar refractivity (Wildman–Crippen MR) is 113 cm³/mol. The van der Waals surface area contributed by atoms with Gasteiger partial charge in [0.25, 0.3) is 5.91 Å². The molecule has 1 aliphatic heterocycles. The number of urea groups is 1. The molecule has 3 aromatic rings. The Hall–Kier alpha value is -3.68. The lowest BCUT2D eigenvalue weighted by atomic mass is 9.91. The lowest BCUT2D eigenvalue weighted by Gasteiger charge is -2.22. The molecule has 0 aliphatic carbocycles. The van der Waals surface area contributed by atoms with E-state index in [1.807, 2.05) is 24.3 Å². The second-order valence-corrected chi connectivity index (χ2v) is 7.63. The number of hydrogen-bond donors (Lipinski definition) is 1. The largest absolute Gasteiger partial charge is 0.497 e. The summed E-state index contributed by atoms with van der Waals surface area (Å²) in [6.07, 6.45) is 2.01. The number of aryl methyl sites for hydroxylation is 1. The number of benzene rings is 2. The van der Waals surface area contributed by atoms with Crippen molar-refractivity contribution in [2.75, 3.05) is 7.11 Å². The number of carbonyl (C=O) groups is 2. The zero-order chi connectivity index (χ0) is 22.0. The van der Waals surface area contributed by atoms with E-state index in [2.05, 4.69) is 22.4 Å². The van der Waals surface area contributed by atoms with Crippen LogP contribution in [-0.2, 0) is 23.3 Å². The maximum Gasteiger partial charge on any atom is 0.325 e. The minimum atomic E-state index is -1.14. The van der Waals surface area contributed by atoms with Crippen molar-refractivity contribution in [3.05, 3.63) is 65.5 Å². The van der Waals surface area contributed by atoms with Gasteiger partial charge in [0.05, 0.1) is 7.11 Å². The minimum absolute atomic E-state index is 0.0999. The van der Waals surface area contributed by atoms with Crippen LogP contribution < -0.4 is 10.1 Å². The molecule has 31 heavy (non-hydrogen) atoms. The zero-order valence-electron chi connectivity index (χ0n) is 17.7. The minimum Gasteiger partial charge on any atom is -0.497 e. The zero-order valence-corrected chi connectivity index (χ0v) is 17.7. The number of nitrogens with zero attached hydrogens (tertiary/aromatic N) is 3. The first kappa shape index (κ1) is 20.6. The fourth-order valence-corrected chi connectivity index (χ4v) is 3.64. The van der Waals surface area contributed by atoms with Crippen LogP contribution >= 0.6 is 0 Å². The van der Waals surface area contributed by atoms with Gasteiger partial charge < -0.3 is 14.6 Å². The van der Waals surface area contributed by atoms with E-state index in [0.717, 1.165) is 28.9 Å². The first-order valence-corrected chi connectivity index (χ1v) is 10.1. The summed E-state index contributed by atoms with van der Waals surface area (Å²) in [4.78, 5) is 31.2. The fourth-order valence-electron chi connectivity index (χ4n) is 3.64. The van der Waals surface area contributed by atoms with Crippen molar-refractivity contribution in [1.82, 2.24) is 20.4 Å². The van der Waals surface area contributed by atoms with Crippen LogP contribution in [0.5, 0.6) is 5.75 Å². The van der Waals surface area contributed by atoms with Crippen molar-refractivity contribution < 1.29 is 18.8 Å². The highest BCUT2D eigenvalue weighted by atomic mass is 16.5. The van der Waals surface area contributed by atoms with Gasteiger partial charge in [0.15, 0.2) is 0 Å². The SMILES string of the molecule is CCCc1ccc([C@@]2(C)NC(=O)N(Cc3nc(-c4ccc(OC)cc4)no3)C2=O)cc1. The molecular formula is C23H24N4O4. The average Bonchev–Trinajstić information content (AvgIpc) is 3.34. The Bertz CT molecular complexity index is 1090. The molecule has 2 aromatic carbocycles. The summed E-state index contributed by atoms with van der Waals surface area (Å²) < 4.78 is 10.4. The molecule has 1 saturated heterocycles. The van der Waals surface area contributed by atoms with Crippen LogP contribution in [0.1, 0.15) is 37.3 Å². The van der Waals surface area contributed by atoms with Crippen LogP contribution in [0.3, 0.4) is 0 Å². The molecule has 2 heterocycles. The van der Waals surface area contributed by atoms with Crippen LogP contribution in [0, 0.1) is 0 Å². The fraction of sp³-hybridized carbons (Fsp3) is 0.304. The molecule has 0 radical (unpaired) electrons. The van der Waals surface area contributed by atoms with Gasteiger partial charge in [-0.3, -0.25) is 9.69 Å². The van der Waals surface area contributed by atoms with Crippen molar-refractivity contribution in [1.29, 1.82) is 0 Å². The summed E-state index contributed by atoms with van der Waals surface area (Å²) in [5.74, 6) is 0.912. The van der Waals surface area contributed by atoms with Crippen molar-refractivity contribution in [3.8, 4) is 17.1 Å². The smallest absolute Gasteiger partial charge is 0.325 e. The van der Waals surface area contributed by atoms with Gasteiger partial charge in [-0.25, -0.2) is 4.79 Å². The number of amides is 3. The van der Waals surface area contributed by atoms with E-state index in [0.29, 0.717) is 11.6 Å². The van der Waals surface area contributed by atoms with Crippen LogP contribution in [0.2, 0.25) is 0 Å². The normalized spacial score (nSPS) is 18.4. The van der Waals surface area contributed by atoms with E-state index < -0.39 is 11.6 Å². The molecule has 1 atom stereocenters. The van der Waals surface area contributed by atoms with Crippen LogP contribution in [-0.4, -0.2) is 34.1 Å². The molecule has 1 N–H and O–H groups in total. The molecule has 1 fully saturated rings. The van der Waals surface area contributed by atoms with Gasteiger partial charge in [-0.2, -0.15) is 4.98 Å². The highest BCUT2D eigenvalue weighted by Crippen LogP contribution is 2.30. The van der Waals surface area contributed by atoms with Crippen LogP contribution in [0.4, 0.5) is 4.79 Å². The third-order valence-electron chi connectivity index (χ3n) is 5.45. The molecule has 0 saturated carbocycles. The molecule has 0 spiro atoms. The Balaban J connectivity index is 1.51. The average molecular weight is 420 g/mol. The molecule has 8 heteroatoms. The summed E-state index contributed by atoms with van der Waals surface area (Å²) in [6, 6.07) is 14.5. The van der Waals surface area contributed by atoms with Crippen molar-refractivity contribution in [3.63, 3.8) is 0 Å². The van der Waals surface area contributed by atoms with E-state index in [1.165, 1.54) is 5.56 Å². The summed E-state index contributed by atoms with van der Waals surface area (Å²) in [7, 11) is 1.59. The Morgan fingerprint density at radius 3 is 2.45 bits per heavy atom. The van der Waals surface area contributed by atoms with Gasteiger partial charge in [-0.05, 0) is 48.7 Å². The molecule has 1 aliphatic rings. The summed E-state index contributed by atoms with van der Waals surface area (Å²) in [6.45, 7) is 3.72. The second kappa shape index (κ2) is 8.22. The van der Waals surface area contributed by atoms with Gasteiger partial charge in [-0.15, -0.1) is 0 Å². The number of ether oxygens (including phenoxy) is 1. The summed E-state index contributed by atoms with van der Waals surface area (Å²) in [5, 5.41) is 6.76. The van der Waals surface area contributed by atoms with Crippen molar-refractivity contribution in [2.45, 2.75) is 38.8 Å². The van der Waals surface area contributed by atoms with E-state index in [9.17, 15) is 9.59 Å². The van der Waals surface area contributed by atoms with E-state index in [4.69, 9.17) is 9.26 Å². The van der Waals surface area contributed by atoms with Gasteiger partial charge >= 0.3 is 6.03 Å². The lowest BCUT2D eigenvalue weighted by Crippen LogP contribution is -2.40. The molecular weight excluding hydrogens is 396 g/mol. The van der Waals surface area contributed by atoms with Crippen molar-refractivity contribution >= 4 is 11.9 Å². The molecule has 0 unspecified atom stereocenters. The Labute approximate surface area is 180 Å². The number of rotatable bonds is 7. The van der Waals surface area contributed by atoms with Gasteiger partial charge in [0.1, 0.15) is 17.8 Å². The first-order valence-electron chi connectivity index (χ1n) is 10.1. The second-order valence-electron chi connectivity index (χ2n) is 7.63. The predicted octanol–water partition coefficient (Wildman–Crippen LogP) is 3.66. The third-order valence-corrected chi connectivity index (χ3v) is 5.45. The maximum atomic E-state index is 13.1. The monoisotopic (exact) mass is 420 g/mol. The van der Waals surface area contributed by atoms with E-state index in [1.54, 1.807) is 38.3 Å². The molecule has 8 nitrogen and oxygen atoms in total. The van der Waals surface area contributed by atoms with Gasteiger partial charge in [-0.1, -0.05) is 42.8 Å². The van der Waals surface area contributed by atoms with Gasteiger partial charge in [0.2, 0.25) is 11.7 Å². The molecule has 3 amide bonds. The standard InChI is InChI=1S/C23H24N4O4/c1-4-5-15-6-10-17(11-7-15)23(2)21(28)27(22(29)25-23)14-19-24-20(26-31-19)16-8-12-18(30-3)13-9-16/h6-13H,4-5,14H2,1-3H3,(H,25,29)/t23-/m1/s1.